The molecule has 3 rings (SSSR count). The lowest BCUT2D eigenvalue weighted by Gasteiger charge is -2.43. The molecule has 0 aliphatic carbocycles. The smallest absolute Gasteiger partial charge is 0.405 e. The molecule has 0 aromatic carbocycles. The molecule has 0 radical (unpaired) electrons. The van der Waals surface area contributed by atoms with Gasteiger partial charge in [-0.1, -0.05) is 20.8 Å². The standard InChI is InChI=1S/C22H37N5O4S/c1-21(2,3)12-22(4,32-6)17(23-20(30)31)19(29)25-9-7-15(8-10-25)27-14-26-13-24(5)11-16(26)18(27)28/h11,15,17,23H,7-10,12-14H2,1-6H3,(H,30,31)/t17-,22?/m0/s1. The van der Waals surface area contributed by atoms with Crippen LogP contribution in [0.2, 0.25) is 0 Å². The van der Waals surface area contributed by atoms with Gasteiger partial charge in [-0.15, -0.1) is 0 Å². The minimum Gasteiger partial charge on any atom is -0.465 e. The third-order valence-electron chi connectivity index (χ3n) is 6.57. The van der Waals surface area contributed by atoms with Gasteiger partial charge in [-0.25, -0.2) is 4.79 Å². The number of fused-ring (bicyclic) bond motifs is 1. The van der Waals surface area contributed by atoms with Gasteiger partial charge in [0.05, 0.1) is 13.3 Å². The first-order valence-corrected chi connectivity index (χ1v) is 12.4. The zero-order valence-corrected chi connectivity index (χ0v) is 20.9. The summed E-state index contributed by atoms with van der Waals surface area (Å²) in [5.74, 6) is -0.116. The lowest BCUT2D eigenvalue weighted by atomic mass is 9.81. The first kappa shape index (κ1) is 24.5. The number of hydrogen-bond donors (Lipinski definition) is 2. The summed E-state index contributed by atoms with van der Waals surface area (Å²) >= 11 is 1.53. The first-order chi connectivity index (χ1) is 14.8. The van der Waals surface area contributed by atoms with E-state index in [0.717, 1.165) is 12.4 Å². The first-order valence-electron chi connectivity index (χ1n) is 11.2. The number of rotatable bonds is 6. The van der Waals surface area contributed by atoms with E-state index in [1.54, 1.807) is 4.90 Å². The van der Waals surface area contributed by atoms with Gasteiger partial charge in [-0.3, -0.25) is 9.59 Å². The maximum Gasteiger partial charge on any atom is 0.405 e. The molecular weight excluding hydrogens is 430 g/mol. The Labute approximate surface area is 195 Å². The van der Waals surface area contributed by atoms with Crippen molar-refractivity contribution in [1.82, 2.24) is 24.9 Å². The summed E-state index contributed by atoms with van der Waals surface area (Å²) in [4.78, 5) is 45.6. The van der Waals surface area contributed by atoms with Gasteiger partial charge < -0.3 is 30.0 Å². The molecule has 180 valence electrons. The number of likely N-dealkylation sites (tertiary alicyclic amines) is 1. The molecule has 0 bridgehead atoms. The van der Waals surface area contributed by atoms with Crippen LogP contribution >= 0.6 is 11.8 Å². The van der Waals surface area contributed by atoms with Crippen LogP contribution in [0.3, 0.4) is 0 Å². The van der Waals surface area contributed by atoms with Gasteiger partial charge in [-0.05, 0) is 37.9 Å². The average molecular weight is 468 g/mol. The molecule has 3 aliphatic heterocycles. The van der Waals surface area contributed by atoms with Gasteiger partial charge in [0.25, 0.3) is 5.91 Å². The molecule has 0 spiro atoms. The minimum absolute atomic E-state index is 0.0598. The fourth-order valence-corrected chi connectivity index (χ4v) is 6.16. The minimum atomic E-state index is -1.19. The van der Waals surface area contributed by atoms with Crippen LogP contribution in [-0.4, -0.2) is 99.2 Å². The lowest BCUT2D eigenvalue weighted by molar-refractivity contribution is -0.136. The summed E-state index contributed by atoms with van der Waals surface area (Å²) in [5, 5.41) is 12.0. The van der Waals surface area contributed by atoms with Crippen molar-refractivity contribution in [3.05, 3.63) is 11.9 Å². The number of nitrogens with zero attached hydrogens (tertiary/aromatic N) is 4. The van der Waals surface area contributed by atoms with Crippen LogP contribution in [0.5, 0.6) is 0 Å². The fraction of sp³-hybridized carbons (Fsp3) is 0.773. The quantitative estimate of drug-likeness (QED) is 0.617. The van der Waals surface area contributed by atoms with E-state index in [1.807, 2.05) is 36.2 Å². The molecular formula is C22H37N5O4S. The highest BCUT2D eigenvalue weighted by Gasteiger charge is 2.46. The van der Waals surface area contributed by atoms with Crippen molar-refractivity contribution in [2.45, 2.75) is 63.8 Å². The summed E-state index contributed by atoms with van der Waals surface area (Å²) < 4.78 is -0.571. The Bertz CT molecular complexity index is 790. The van der Waals surface area contributed by atoms with Crippen LogP contribution < -0.4 is 5.32 Å². The summed E-state index contributed by atoms with van der Waals surface area (Å²) in [6, 6.07) is -0.735. The maximum atomic E-state index is 13.5. The summed E-state index contributed by atoms with van der Waals surface area (Å²) in [5.41, 5.74) is 0.685. The molecule has 3 heterocycles. The second-order valence-electron chi connectivity index (χ2n) is 10.6. The highest BCUT2D eigenvalue weighted by Crippen LogP contribution is 2.39. The summed E-state index contributed by atoms with van der Waals surface area (Å²) in [6.45, 7) is 10.6. The van der Waals surface area contributed by atoms with Crippen molar-refractivity contribution in [2.24, 2.45) is 5.41 Å². The Morgan fingerprint density at radius 2 is 1.84 bits per heavy atom. The molecule has 0 saturated carbocycles. The third-order valence-corrected chi connectivity index (χ3v) is 7.88. The molecule has 2 saturated heterocycles. The number of amides is 3. The van der Waals surface area contributed by atoms with E-state index in [2.05, 4.69) is 31.0 Å². The average Bonchev–Trinajstić information content (AvgIpc) is 3.21. The van der Waals surface area contributed by atoms with Crippen molar-refractivity contribution in [1.29, 1.82) is 0 Å². The Morgan fingerprint density at radius 3 is 2.34 bits per heavy atom. The molecule has 3 aliphatic rings. The van der Waals surface area contributed by atoms with E-state index in [-0.39, 0.29) is 23.3 Å². The van der Waals surface area contributed by atoms with Crippen molar-refractivity contribution < 1.29 is 19.5 Å². The van der Waals surface area contributed by atoms with Crippen LogP contribution in [-0.2, 0) is 9.59 Å². The fourth-order valence-electron chi connectivity index (χ4n) is 5.19. The Morgan fingerprint density at radius 1 is 1.22 bits per heavy atom. The monoisotopic (exact) mass is 467 g/mol. The van der Waals surface area contributed by atoms with Crippen LogP contribution in [0.25, 0.3) is 0 Å². The van der Waals surface area contributed by atoms with Gasteiger partial charge >= 0.3 is 6.09 Å². The van der Waals surface area contributed by atoms with Crippen LogP contribution in [0.1, 0.15) is 47.0 Å². The number of carbonyl (C=O) groups excluding carboxylic acids is 2. The SMILES string of the molecule is CSC(C)(CC(C)(C)C)[C@@H](NC(=O)O)C(=O)N1CCC(N2CN3CN(C)C=C3C2=O)CC1. The highest BCUT2D eigenvalue weighted by atomic mass is 32.2. The predicted molar refractivity (Wildman–Crippen MR) is 125 cm³/mol. The number of carboxylic acid groups (broad SMARTS) is 1. The third kappa shape index (κ3) is 5.10. The van der Waals surface area contributed by atoms with E-state index in [4.69, 9.17) is 0 Å². The van der Waals surface area contributed by atoms with E-state index in [9.17, 15) is 19.5 Å². The molecule has 3 amide bonds. The van der Waals surface area contributed by atoms with Gasteiger partial charge in [0.15, 0.2) is 0 Å². The zero-order chi connectivity index (χ0) is 23.8. The summed E-state index contributed by atoms with van der Waals surface area (Å²) in [6.07, 6.45) is 4.72. The number of hydrogen-bond acceptors (Lipinski definition) is 6. The second kappa shape index (κ2) is 9.03. The van der Waals surface area contributed by atoms with E-state index in [0.29, 0.717) is 39.0 Å². The predicted octanol–water partition coefficient (Wildman–Crippen LogP) is 2.02. The molecule has 0 aromatic rings. The molecule has 9 nitrogen and oxygen atoms in total. The normalized spacial score (nSPS) is 22.6. The van der Waals surface area contributed by atoms with Crippen LogP contribution in [0, 0.1) is 5.41 Å². The molecule has 2 N–H and O–H groups in total. The van der Waals surface area contributed by atoms with E-state index < -0.39 is 16.9 Å². The molecule has 32 heavy (non-hydrogen) atoms. The number of piperidine rings is 1. The number of carbonyl (C=O) groups is 3. The van der Waals surface area contributed by atoms with E-state index in [1.165, 1.54) is 11.8 Å². The maximum absolute atomic E-state index is 13.5. The Hall–Kier alpha value is -2.10. The second-order valence-corrected chi connectivity index (χ2v) is 11.9. The van der Waals surface area contributed by atoms with Crippen molar-refractivity contribution in [3.63, 3.8) is 0 Å². The molecule has 10 heteroatoms. The van der Waals surface area contributed by atoms with Crippen molar-refractivity contribution in [2.75, 3.05) is 39.7 Å². The lowest BCUT2D eigenvalue weighted by Crippen LogP contribution is -2.60. The van der Waals surface area contributed by atoms with Gasteiger partial charge in [0.2, 0.25) is 5.91 Å². The largest absolute Gasteiger partial charge is 0.465 e. The Balaban J connectivity index is 1.67. The molecule has 0 aromatic heterocycles. The zero-order valence-electron chi connectivity index (χ0n) is 20.1. The highest BCUT2D eigenvalue weighted by molar-refractivity contribution is 8.00. The van der Waals surface area contributed by atoms with Gasteiger partial charge in [-0.2, -0.15) is 11.8 Å². The van der Waals surface area contributed by atoms with Crippen molar-refractivity contribution >= 4 is 29.7 Å². The topological polar surface area (TPSA) is 96.4 Å². The van der Waals surface area contributed by atoms with Gasteiger partial charge in [0.1, 0.15) is 11.7 Å². The molecule has 2 fully saturated rings. The Kier molecular flexibility index (Phi) is 6.93. The van der Waals surface area contributed by atoms with Gasteiger partial charge in [0, 0.05) is 37.1 Å². The number of nitrogens with one attached hydrogen (secondary N) is 1. The number of thioether (sulfide) groups is 1. The van der Waals surface area contributed by atoms with Crippen molar-refractivity contribution in [3.8, 4) is 0 Å². The molecule has 1 unspecified atom stereocenters. The molecule has 2 atom stereocenters. The summed E-state index contributed by atoms with van der Waals surface area (Å²) in [7, 11) is 1.95. The van der Waals surface area contributed by atoms with E-state index >= 15 is 0 Å². The van der Waals surface area contributed by atoms with Crippen LogP contribution in [0.4, 0.5) is 4.79 Å². The van der Waals surface area contributed by atoms with Crippen LogP contribution in [0.15, 0.2) is 11.9 Å².